The number of carbonyl (C=O) groups excluding carboxylic acids is 1. The van der Waals surface area contributed by atoms with Gasteiger partial charge in [0.05, 0.1) is 10.5 Å². The van der Waals surface area contributed by atoms with Crippen molar-refractivity contribution in [3.63, 3.8) is 0 Å². The molecule has 0 unspecified atom stereocenters. The smallest absolute Gasteiger partial charge is 0.278 e. The second-order valence-electron chi connectivity index (χ2n) is 5.09. The lowest BCUT2D eigenvalue weighted by molar-refractivity contribution is -0.384. The molecule has 1 aromatic heterocycles. The first kappa shape index (κ1) is 14.5. The van der Waals surface area contributed by atoms with E-state index in [-0.39, 0.29) is 16.5 Å². The predicted octanol–water partition coefficient (Wildman–Crippen LogP) is 3.62. The molecule has 1 amide bonds. The number of benzene rings is 1. The normalized spacial score (nSPS) is 14.2. The first-order valence-corrected chi connectivity index (χ1v) is 7.77. The Morgan fingerprint density at radius 2 is 2.05 bits per heavy atom. The number of nitro benzene ring substituents is 1. The monoisotopic (exact) mass is 314 g/mol. The highest BCUT2D eigenvalue weighted by Crippen LogP contribution is 2.34. The fraction of sp³-hybridized carbons (Fsp3) is 0.188. The van der Waals surface area contributed by atoms with Crippen molar-refractivity contribution in [3.05, 3.63) is 57.5 Å². The van der Waals surface area contributed by atoms with Gasteiger partial charge in [0.1, 0.15) is 0 Å². The molecule has 1 heterocycles. The van der Waals surface area contributed by atoms with E-state index >= 15 is 0 Å². The number of para-hydroxylation sites is 1. The zero-order valence-corrected chi connectivity index (χ0v) is 12.5. The molecule has 0 spiro atoms. The molecule has 3 rings (SSSR count). The van der Waals surface area contributed by atoms with Crippen molar-refractivity contribution in [1.29, 1.82) is 0 Å². The van der Waals surface area contributed by atoms with Gasteiger partial charge in [-0.15, -0.1) is 11.3 Å². The van der Waals surface area contributed by atoms with Gasteiger partial charge in [0, 0.05) is 27.9 Å². The molecular formula is C16H14N2O3S. The molecule has 5 nitrogen and oxygen atoms in total. The second-order valence-corrected chi connectivity index (χ2v) is 6.21. The van der Waals surface area contributed by atoms with E-state index in [0.29, 0.717) is 11.6 Å². The van der Waals surface area contributed by atoms with Crippen molar-refractivity contribution in [3.8, 4) is 10.4 Å². The minimum Gasteiger partial charge on any atom is -0.350 e. The van der Waals surface area contributed by atoms with E-state index in [1.54, 1.807) is 24.3 Å². The summed E-state index contributed by atoms with van der Waals surface area (Å²) in [5.74, 6) is -0.0943. The van der Waals surface area contributed by atoms with Gasteiger partial charge in [-0.2, -0.15) is 0 Å². The molecule has 0 radical (unpaired) electrons. The Morgan fingerprint density at radius 1 is 1.27 bits per heavy atom. The maximum absolute atomic E-state index is 11.6. The summed E-state index contributed by atoms with van der Waals surface area (Å²) in [6, 6.07) is 10.7. The Balaban J connectivity index is 1.77. The number of thiophene rings is 1. The van der Waals surface area contributed by atoms with Gasteiger partial charge < -0.3 is 5.32 Å². The Bertz CT molecular complexity index is 747. The molecule has 1 saturated carbocycles. The Hall–Kier alpha value is -2.47. The van der Waals surface area contributed by atoms with Crippen LogP contribution in [0.4, 0.5) is 5.69 Å². The second kappa shape index (κ2) is 6.11. The average molecular weight is 314 g/mol. The maximum atomic E-state index is 11.6. The molecule has 1 N–H and O–H groups in total. The number of nitro groups is 1. The lowest BCUT2D eigenvalue weighted by Crippen LogP contribution is -2.22. The first-order chi connectivity index (χ1) is 10.6. The van der Waals surface area contributed by atoms with E-state index in [9.17, 15) is 14.9 Å². The summed E-state index contributed by atoms with van der Waals surface area (Å²) in [6.45, 7) is 0. The molecule has 0 atom stereocenters. The van der Waals surface area contributed by atoms with Crippen LogP contribution in [0, 0.1) is 10.1 Å². The fourth-order valence-corrected chi connectivity index (χ4v) is 3.01. The Labute approximate surface area is 131 Å². The average Bonchev–Trinajstić information content (AvgIpc) is 3.19. The fourth-order valence-electron chi connectivity index (χ4n) is 2.06. The van der Waals surface area contributed by atoms with Crippen LogP contribution >= 0.6 is 11.3 Å². The molecule has 1 aliphatic rings. The zero-order chi connectivity index (χ0) is 15.5. The molecule has 112 valence electrons. The molecule has 1 aliphatic carbocycles. The van der Waals surface area contributed by atoms with Gasteiger partial charge in [-0.25, -0.2) is 0 Å². The number of rotatable bonds is 5. The molecule has 0 bridgehead atoms. The summed E-state index contributed by atoms with van der Waals surface area (Å²) in [7, 11) is 0. The van der Waals surface area contributed by atoms with E-state index < -0.39 is 0 Å². The number of carbonyl (C=O) groups is 1. The van der Waals surface area contributed by atoms with Crippen LogP contribution in [-0.4, -0.2) is 16.9 Å². The maximum Gasteiger partial charge on any atom is 0.278 e. The van der Waals surface area contributed by atoms with Crippen LogP contribution in [0.1, 0.15) is 17.7 Å². The van der Waals surface area contributed by atoms with Gasteiger partial charge in [-0.1, -0.05) is 12.1 Å². The SMILES string of the molecule is O=C(C=Cc1ccc(-c2ccccc2[N+](=O)[O-])s1)NC1CC1. The van der Waals surface area contributed by atoms with E-state index in [1.165, 1.54) is 23.5 Å². The minimum atomic E-state index is -0.381. The van der Waals surface area contributed by atoms with Gasteiger partial charge >= 0.3 is 0 Å². The van der Waals surface area contributed by atoms with E-state index in [1.807, 2.05) is 12.1 Å². The minimum absolute atomic E-state index is 0.0892. The molecule has 1 fully saturated rings. The zero-order valence-electron chi connectivity index (χ0n) is 11.7. The molecule has 1 aromatic carbocycles. The van der Waals surface area contributed by atoms with Crippen molar-refractivity contribution in [2.75, 3.05) is 0 Å². The Morgan fingerprint density at radius 3 is 2.77 bits per heavy atom. The van der Waals surface area contributed by atoms with Crippen molar-refractivity contribution in [2.24, 2.45) is 0 Å². The van der Waals surface area contributed by atoms with Gasteiger partial charge in [0.2, 0.25) is 5.91 Å². The quantitative estimate of drug-likeness (QED) is 0.520. The summed E-state index contributed by atoms with van der Waals surface area (Å²) in [5, 5.41) is 13.9. The topological polar surface area (TPSA) is 72.2 Å². The summed E-state index contributed by atoms with van der Waals surface area (Å²) < 4.78 is 0. The van der Waals surface area contributed by atoms with Gasteiger partial charge in [0.25, 0.3) is 5.69 Å². The molecule has 0 aliphatic heterocycles. The van der Waals surface area contributed by atoms with E-state index in [0.717, 1.165) is 22.6 Å². The number of nitrogens with zero attached hydrogens (tertiary/aromatic N) is 1. The summed E-state index contributed by atoms with van der Waals surface area (Å²) in [5.41, 5.74) is 0.686. The van der Waals surface area contributed by atoms with Gasteiger partial charge in [-0.05, 0) is 37.1 Å². The highest BCUT2D eigenvalue weighted by molar-refractivity contribution is 7.16. The molecule has 0 saturated heterocycles. The van der Waals surface area contributed by atoms with Gasteiger partial charge in [-0.3, -0.25) is 14.9 Å². The van der Waals surface area contributed by atoms with E-state index in [2.05, 4.69) is 5.32 Å². The van der Waals surface area contributed by atoms with Crippen LogP contribution in [0.2, 0.25) is 0 Å². The Kier molecular flexibility index (Phi) is 4.02. The van der Waals surface area contributed by atoms with Gasteiger partial charge in [0.15, 0.2) is 0 Å². The van der Waals surface area contributed by atoms with Crippen LogP contribution in [0.25, 0.3) is 16.5 Å². The first-order valence-electron chi connectivity index (χ1n) is 6.96. The third kappa shape index (κ3) is 3.40. The van der Waals surface area contributed by atoms with E-state index in [4.69, 9.17) is 0 Å². The predicted molar refractivity (Wildman–Crippen MR) is 86.6 cm³/mol. The highest BCUT2D eigenvalue weighted by Gasteiger charge is 2.22. The third-order valence-corrected chi connectivity index (χ3v) is 4.40. The van der Waals surface area contributed by atoms with Crippen molar-refractivity contribution >= 4 is 29.0 Å². The number of amides is 1. The van der Waals surface area contributed by atoms with Crippen molar-refractivity contribution in [1.82, 2.24) is 5.32 Å². The van der Waals surface area contributed by atoms with Crippen LogP contribution < -0.4 is 5.32 Å². The number of hydrogen-bond donors (Lipinski definition) is 1. The van der Waals surface area contributed by atoms with Crippen LogP contribution in [0.5, 0.6) is 0 Å². The van der Waals surface area contributed by atoms with Crippen molar-refractivity contribution < 1.29 is 9.72 Å². The standard InChI is InChI=1S/C16H14N2O3S/c19-16(17-11-5-6-11)10-8-12-7-9-15(22-12)13-3-1-2-4-14(13)18(20)21/h1-4,7-11H,5-6H2,(H,17,19). The third-order valence-electron chi connectivity index (χ3n) is 3.32. The highest BCUT2D eigenvalue weighted by atomic mass is 32.1. The summed E-state index contributed by atoms with van der Waals surface area (Å²) >= 11 is 1.42. The van der Waals surface area contributed by atoms with Crippen molar-refractivity contribution in [2.45, 2.75) is 18.9 Å². The molecule has 22 heavy (non-hydrogen) atoms. The largest absolute Gasteiger partial charge is 0.350 e. The van der Waals surface area contributed by atoms with Crippen LogP contribution in [0.15, 0.2) is 42.5 Å². The molecule has 2 aromatic rings. The lowest BCUT2D eigenvalue weighted by Gasteiger charge is -1.98. The number of hydrogen-bond acceptors (Lipinski definition) is 4. The number of nitrogens with one attached hydrogen (secondary N) is 1. The summed E-state index contributed by atoms with van der Waals surface area (Å²) in [6.07, 6.45) is 5.36. The van der Waals surface area contributed by atoms with Crippen LogP contribution in [0.3, 0.4) is 0 Å². The molecular weight excluding hydrogens is 300 g/mol. The summed E-state index contributed by atoms with van der Waals surface area (Å²) in [4.78, 5) is 24.0. The van der Waals surface area contributed by atoms with Crippen LogP contribution in [-0.2, 0) is 4.79 Å². The lowest BCUT2D eigenvalue weighted by atomic mass is 10.1. The molecule has 6 heteroatoms.